The molecule has 0 saturated heterocycles. The fourth-order valence-electron chi connectivity index (χ4n) is 2.40. The van der Waals surface area contributed by atoms with Crippen molar-refractivity contribution in [1.82, 2.24) is 0 Å². The van der Waals surface area contributed by atoms with Crippen molar-refractivity contribution < 1.29 is 8.42 Å². The van der Waals surface area contributed by atoms with Gasteiger partial charge in [-0.25, -0.2) is 8.42 Å². The lowest BCUT2D eigenvalue weighted by atomic mass is 10.1. The monoisotopic (exact) mass is 332 g/mol. The van der Waals surface area contributed by atoms with Gasteiger partial charge in [0.05, 0.1) is 5.75 Å². The van der Waals surface area contributed by atoms with Crippen molar-refractivity contribution in [3.63, 3.8) is 0 Å². The molecule has 0 bridgehead atoms. The highest BCUT2D eigenvalue weighted by Crippen LogP contribution is 2.21. The number of nitrogens with one attached hydrogen (secondary N) is 2. The van der Waals surface area contributed by atoms with Crippen molar-refractivity contribution in [3.05, 3.63) is 53.6 Å². The van der Waals surface area contributed by atoms with Gasteiger partial charge >= 0.3 is 0 Å². The van der Waals surface area contributed by atoms with E-state index < -0.39 is 10.0 Å². The molecule has 0 saturated carbocycles. The minimum atomic E-state index is -3.25. The smallest absolute Gasteiger partial charge is 0.232 e. The lowest BCUT2D eigenvalue weighted by Gasteiger charge is -2.11. The second kappa shape index (κ2) is 7.51. The molecule has 0 aliphatic carbocycles. The third-order valence-electron chi connectivity index (χ3n) is 3.44. The number of sulfonamides is 1. The first-order valence-electron chi connectivity index (χ1n) is 7.84. The van der Waals surface area contributed by atoms with Crippen LogP contribution in [0.4, 0.5) is 17.1 Å². The number of aryl methyl sites for hydroxylation is 2. The Bertz CT molecular complexity index is 733. The number of hydrogen-bond acceptors (Lipinski definition) is 3. The summed E-state index contributed by atoms with van der Waals surface area (Å²) in [6, 6.07) is 13.6. The van der Waals surface area contributed by atoms with Gasteiger partial charge in [0.1, 0.15) is 0 Å². The first-order chi connectivity index (χ1) is 10.9. The molecule has 2 rings (SSSR count). The van der Waals surface area contributed by atoms with Crippen LogP contribution in [0.25, 0.3) is 0 Å². The molecular formula is C18H24N2O2S. The zero-order valence-electron chi connectivity index (χ0n) is 13.9. The summed E-state index contributed by atoms with van der Waals surface area (Å²) < 4.78 is 26.4. The van der Waals surface area contributed by atoms with Crippen molar-refractivity contribution >= 4 is 27.1 Å². The van der Waals surface area contributed by atoms with Gasteiger partial charge in [-0.05, 0) is 67.8 Å². The standard InChI is InChI=1S/C18H24N2O2S/c1-4-5-10-23(21,22)20-17-8-6-16(7-9-17)19-18-12-14(2)11-15(3)13-18/h6-9,11-13,19-20H,4-5,10H2,1-3H3. The van der Waals surface area contributed by atoms with Crippen LogP contribution in [0.1, 0.15) is 30.9 Å². The van der Waals surface area contributed by atoms with Crippen molar-refractivity contribution in [2.24, 2.45) is 0 Å². The van der Waals surface area contributed by atoms with Crippen LogP contribution < -0.4 is 10.0 Å². The van der Waals surface area contributed by atoms with E-state index in [1.54, 1.807) is 12.1 Å². The van der Waals surface area contributed by atoms with E-state index >= 15 is 0 Å². The topological polar surface area (TPSA) is 58.2 Å². The lowest BCUT2D eigenvalue weighted by molar-refractivity contribution is 0.598. The first kappa shape index (κ1) is 17.3. The van der Waals surface area contributed by atoms with Gasteiger partial charge in [0, 0.05) is 17.1 Å². The molecule has 0 spiro atoms. The Morgan fingerprint density at radius 3 is 2.00 bits per heavy atom. The number of unbranched alkanes of at least 4 members (excludes halogenated alkanes) is 1. The molecule has 0 aliphatic rings. The third kappa shape index (κ3) is 5.60. The molecule has 5 heteroatoms. The van der Waals surface area contributed by atoms with Gasteiger partial charge in [0.25, 0.3) is 0 Å². The van der Waals surface area contributed by atoms with E-state index in [1.165, 1.54) is 11.1 Å². The molecular weight excluding hydrogens is 308 g/mol. The summed E-state index contributed by atoms with van der Waals surface area (Å²) >= 11 is 0. The molecule has 2 aromatic carbocycles. The molecule has 23 heavy (non-hydrogen) atoms. The Labute approximate surface area is 139 Å². The Morgan fingerprint density at radius 2 is 1.43 bits per heavy atom. The van der Waals surface area contributed by atoms with Crippen molar-refractivity contribution in [1.29, 1.82) is 0 Å². The van der Waals surface area contributed by atoms with Crippen LogP contribution in [0, 0.1) is 13.8 Å². The quantitative estimate of drug-likeness (QED) is 0.779. The molecule has 0 atom stereocenters. The Morgan fingerprint density at radius 1 is 0.870 bits per heavy atom. The summed E-state index contributed by atoms with van der Waals surface area (Å²) in [6.07, 6.45) is 1.53. The van der Waals surface area contributed by atoms with Crippen LogP contribution in [0.5, 0.6) is 0 Å². The first-order valence-corrected chi connectivity index (χ1v) is 9.49. The zero-order valence-corrected chi connectivity index (χ0v) is 14.7. The summed E-state index contributed by atoms with van der Waals surface area (Å²) in [5.41, 5.74) is 4.94. The Hall–Kier alpha value is -2.01. The highest BCUT2D eigenvalue weighted by molar-refractivity contribution is 7.92. The van der Waals surface area contributed by atoms with E-state index in [-0.39, 0.29) is 5.75 Å². The van der Waals surface area contributed by atoms with E-state index in [2.05, 4.69) is 42.1 Å². The third-order valence-corrected chi connectivity index (χ3v) is 4.81. The molecule has 2 N–H and O–H groups in total. The van der Waals surface area contributed by atoms with Crippen molar-refractivity contribution in [3.8, 4) is 0 Å². The lowest BCUT2D eigenvalue weighted by Crippen LogP contribution is -2.16. The largest absolute Gasteiger partial charge is 0.356 e. The summed E-state index contributed by atoms with van der Waals surface area (Å²) in [7, 11) is -3.25. The van der Waals surface area contributed by atoms with Crippen LogP contribution in [0.15, 0.2) is 42.5 Å². The molecule has 0 amide bonds. The SMILES string of the molecule is CCCCS(=O)(=O)Nc1ccc(Nc2cc(C)cc(C)c2)cc1. The molecule has 2 aromatic rings. The number of hydrogen-bond donors (Lipinski definition) is 2. The minimum Gasteiger partial charge on any atom is -0.356 e. The van der Waals surface area contributed by atoms with E-state index in [1.807, 2.05) is 19.1 Å². The predicted octanol–water partition coefficient (Wildman–Crippen LogP) is 4.59. The molecule has 0 fully saturated rings. The molecule has 0 radical (unpaired) electrons. The van der Waals surface area contributed by atoms with Gasteiger partial charge in [-0.2, -0.15) is 0 Å². The van der Waals surface area contributed by atoms with E-state index in [0.717, 1.165) is 17.8 Å². The number of anilines is 3. The van der Waals surface area contributed by atoms with Crippen LogP contribution in [0.2, 0.25) is 0 Å². The summed E-state index contributed by atoms with van der Waals surface area (Å²) in [6.45, 7) is 6.10. The fourth-order valence-corrected chi connectivity index (χ4v) is 3.67. The molecule has 0 heterocycles. The summed E-state index contributed by atoms with van der Waals surface area (Å²) in [5.74, 6) is 0.159. The Balaban J connectivity index is 2.04. The van der Waals surface area contributed by atoms with Crippen LogP contribution in [0.3, 0.4) is 0 Å². The van der Waals surface area contributed by atoms with Gasteiger partial charge in [0.15, 0.2) is 0 Å². The van der Waals surface area contributed by atoms with Gasteiger partial charge in [-0.3, -0.25) is 4.72 Å². The fraction of sp³-hybridized carbons (Fsp3) is 0.333. The second-order valence-corrected chi connectivity index (χ2v) is 7.70. The van der Waals surface area contributed by atoms with Gasteiger partial charge in [-0.15, -0.1) is 0 Å². The van der Waals surface area contributed by atoms with Gasteiger partial charge in [-0.1, -0.05) is 19.4 Å². The maximum Gasteiger partial charge on any atom is 0.232 e. The summed E-state index contributed by atoms with van der Waals surface area (Å²) in [4.78, 5) is 0. The molecule has 0 aromatic heterocycles. The van der Waals surface area contributed by atoms with Crippen LogP contribution in [-0.2, 0) is 10.0 Å². The van der Waals surface area contributed by atoms with Crippen molar-refractivity contribution in [2.45, 2.75) is 33.6 Å². The van der Waals surface area contributed by atoms with Crippen LogP contribution >= 0.6 is 0 Å². The highest BCUT2D eigenvalue weighted by Gasteiger charge is 2.09. The number of benzene rings is 2. The normalized spacial score (nSPS) is 11.3. The minimum absolute atomic E-state index is 0.159. The van der Waals surface area contributed by atoms with Crippen LogP contribution in [-0.4, -0.2) is 14.2 Å². The van der Waals surface area contributed by atoms with Gasteiger partial charge in [0.2, 0.25) is 10.0 Å². The molecule has 124 valence electrons. The van der Waals surface area contributed by atoms with E-state index in [0.29, 0.717) is 12.1 Å². The van der Waals surface area contributed by atoms with Crippen molar-refractivity contribution in [2.75, 3.05) is 15.8 Å². The second-order valence-electron chi connectivity index (χ2n) is 5.85. The molecule has 4 nitrogen and oxygen atoms in total. The average molecular weight is 332 g/mol. The van der Waals surface area contributed by atoms with E-state index in [9.17, 15) is 8.42 Å². The molecule has 0 unspecified atom stereocenters. The average Bonchev–Trinajstić information content (AvgIpc) is 2.46. The highest BCUT2D eigenvalue weighted by atomic mass is 32.2. The maximum atomic E-state index is 11.9. The zero-order chi connectivity index (χ0) is 16.9. The van der Waals surface area contributed by atoms with Gasteiger partial charge < -0.3 is 5.32 Å². The number of rotatable bonds is 7. The Kier molecular flexibility index (Phi) is 5.66. The maximum absolute atomic E-state index is 11.9. The predicted molar refractivity (Wildman–Crippen MR) is 98.0 cm³/mol. The van der Waals surface area contributed by atoms with E-state index in [4.69, 9.17) is 0 Å². The summed E-state index contributed by atoms with van der Waals surface area (Å²) in [5, 5.41) is 3.33. The molecule has 0 aliphatic heterocycles.